The van der Waals surface area contributed by atoms with Crippen LogP contribution in [0.3, 0.4) is 0 Å². The van der Waals surface area contributed by atoms with E-state index in [1.165, 1.54) is 0 Å². The van der Waals surface area contributed by atoms with Gasteiger partial charge < -0.3 is 9.80 Å². The Balaban J connectivity index is 1.55. The van der Waals surface area contributed by atoms with E-state index in [0.717, 1.165) is 17.5 Å². The molecule has 0 spiro atoms. The van der Waals surface area contributed by atoms with Gasteiger partial charge in [0.1, 0.15) is 0 Å². The van der Waals surface area contributed by atoms with Gasteiger partial charge in [0.15, 0.2) is 0 Å². The van der Waals surface area contributed by atoms with E-state index in [9.17, 15) is 9.59 Å². The van der Waals surface area contributed by atoms with E-state index in [4.69, 9.17) is 11.6 Å². The third-order valence-electron chi connectivity index (χ3n) is 4.70. The zero-order valence-electron chi connectivity index (χ0n) is 14.7. The molecule has 1 fully saturated rings. The van der Waals surface area contributed by atoms with Gasteiger partial charge in [-0.3, -0.25) is 9.59 Å². The average Bonchev–Trinajstić information content (AvgIpc) is 2.91. The summed E-state index contributed by atoms with van der Waals surface area (Å²) in [7, 11) is 0. The van der Waals surface area contributed by atoms with E-state index in [-0.39, 0.29) is 11.8 Å². The number of benzene rings is 2. The normalized spacial score (nSPS) is 14.8. The van der Waals surface area contributed by atoms with E-state index < -0.39 is 0 Å². The molecular formula is C21H23ClN2O2. The first kappa shape index (κ1) is 18.5. The number of carbonyl (C=O) groups excluding carboxylic acids is 2. The maximum Gasteiger partial charge on any atom is 0.227 e. The summed E-state index contributed by atoms with van der Waals surface area (Å²) in [4.78, 5) is 28.9. The van der Waals surface area contributed by atoms with Crippen LogP contribution < -0.4 is 0 Å². The van der Waals surface area contributed by atoms with Crippen molar-refractivity contribution in [1.82, 2.24) is 9.80 Å². The molecule has 1 saturated heterocycles. The Hall–Kier alpha value is -2.33. The minimum Gasteiger partial charge on any atom is -0.341 e. The molecule has 26 heavy (non-hydrogen) atoms. The maximum absolute atomic E-state index is 12.6. The van der Waals surface area contributed by atoms with Gasteiger partial charge in [-0.2, -0.15) is 0 Å². The van der Waals surface area contributed by atoms with E-state index in [0.29, 0.717) is 44.0 Å². The predicted molar refractivity (Wildman–Crippen MR) is 103 cm³/mol. The van der Waals surface area contributed by atoms with Gasteiger partial charge in [-0.25, -0.2) is 0 Å². The van der Waals surface area contributed by atoms with Crippen LogP contribution in [0.2, 0.25) is 5.02 Å². The number of nitrogens with zero attached hydrogens (tertiary/aromatic N) is 2. The van der Waals surface area contributed by atoms with Crippen LogP contribution in [0, 0.1) is 0 Å². The zero-order valence-corrected chi connectivity index (χ0v) is 15.5. The minimum atomic E-state index is 0.0652. The fourth-order valence-corrected chi connectivity index (χ4v) is 3.42. The molecular weight excluding hydrogens is 348 g/mol. The maximum atomic E-state index is 12.6. The first-order valence-corrected chi connectivity index (χ1v) is 9.34. The van der Waals surface area contributed by atoms with E-state index in [1.54, 1.807) is 6.07 Å². The Labute approximate surface area is 159 Å². The van der Waals surface area contributed by atoms with Gasteiger partial charge in [-0.05, 0) is 23.6 Å². The molecule has 2 aromatic rings. The van der Waals surface area contributed by atoms with Crippen LogP contribution in [-0.2, 0) is 22.4 Å². The second-order valence-electron chi connectivity index (χ2n) is 6.55. The van der Waals surface area contributed by atoms with E-state index in [1.807, 2.05) is 58.3 Å². The molecule has 0 aliphatic carbocycles. The lowest BCUT2D eigenvalue weighted by molar-refractivity contribution is -0.132. The second-order valence-corrected chi connectivity index (χ2v) is 6.95. The summed E-state index contributed by atoms with van der Waals surface area (Å²) in [5.74, 6) is 0.187. The van der Waals surface area contributed by atoms with Crippen LogP contribution in [0.25, 0.3) is 0 Å². The highest BCUT2D eigenvalue weighted by Crippen LogP contribution is 2.17. The van der Waals surface area contributed by atoms with Crippen LogP contribution in [0.4, 0.5) is 0 Å². The molecule has 0 aromatic heterocycles. The minimum absolute atomic E-state index is 0.0652. The molecule has 0 bridgehead atoms. The molecule has 0 N–H and O–H groups in total. The molecule has 1 aliphatic rings. The van der Waals surface area contributed by atoms with Gasteiger partial charge in [0.05, 0.1) is 12.8 Å². The standard InChI is InChI=1S/C21H23ClN2O2/c22-19-10-5-4-9-18(19)16-21(26)24-12-6-11-23(13-14-24)20(25)15-17-7-2-1-3-8-17/h1-5,7-10H,6,11-16H2. The summed E-state index contributed by atoms with van der Waals surface area (Å²) in [6.45, 7) is 2.53. The Bertz CT molecular complexity index is 764. The smallest absolute Gasteiger partial charge is 0.227 e. The fraction of sp³-hybridized carbons (Fsp3) is 0.333. The lowest BCUT2D eigenvalue weighted by Crippen LogP contribution is -2.38. The van der Waals surface area contributed by atoms with Crippen LogP contribution in [0.5, 0.6) is 0 Å². The largest absolute Gasteiger partial charge is 0.341 e. The molecule has 1 heterocycles. The molecule has 0 unspecified atom stereocenters. The molecule has 1 aliphatic heterocycles. The molecule has 2 aromatic carbocycles. The lowest BCUT2D eigenvalue weighted by Gasteiger charge is -2.22. The first-order valence-electron chi connectivity index (χ1n) is 8.96. The number of hydrogen-bond donors (Lipinski definition) is 0. The zero-order chi connectivity index (χ0) is 18.4. The fourth-order valence-electron chi connectivity index (χ4n) is 3.22. The molecule has 5 heteroatoms. The Morgan fingerprint density at radius 3 is 2.00 bits per heavy atom. The van der Waals surface area contributed by atoms with E-state index >= 15 is 0 Å². The summed E-state index contributed by atoms with van der Waals surface area (Å²) in [5.41, 5.74) is 1.87. The monoisotopic (exact) mass is 370 g/mol. The van der Waals surface area contributed by atoms with Gasteiger partial charge in [0.2, 0.25) is 11.8 Å². The van der Waals surface area contributed by atoms with Crippen molar-refractivity contribution in [2.75, 3.05) is 26.2 Å². The Morgan fingerprint density at radius 2 is 1.35 bits per heavy atom. The van der Waals surface area contributed by atoms with Crippen LogP contribution in [-0.4, -0.2) is 47.8 Å². The van der Waals surface area contributed by atoms with Crippen LogP contribution in [0.1, 0.15) is 17.5 Å². The van der Waals surface area contributed by atoms with Gasteiger partial charge >= 0.3 is 0 Å². The van der Waals surface area contributed by atoms with Gasteiger partial charge in [-0.15, -0.1) is 0 Å². The summed E-state index contributed by atoms with van der Waals surface area (Å²) in [6, 6.07) is 17.2. The number of amides is 2. The lowest BCUT2D eigenvalue weighted by atomic mass is 10.1. The molecule has 2 amide bonds. The van der Waals surface area contributed by atoms with Crippen LogP contribution >= 0.6 is 11.6 Å². The van der Waals surface area contributed by atoms with Crippen LogP contribution in [0.15, 0.2) is 54.6 Å². The van der Waals surface area contributed by atoms with Crippen molar-refractivity contribution in [3.8, 4) is 0 Å². The SMILES string of the molecule is O=C(Cc1ccccc1)N1CCCN(C(=O)Cc2ccccc2Cl)CC1. The van der Waals surface area contributed by atoms with Crippen molar-refractivity contribution in [3.63, 3.8) is 0 Å². The van der Waals surface area contributed by atoms with Gasteiger partial charge in [0, 0.05) is 31.2 Å². The van der Waals surface area contributed by atoms with Crippen molar-refractivity contribution in [2.45, 2.75) is 19.3 Å². The number of rotatable bonds is 4. The number of hydrogen-bond acceptors (Lipinski definition) is 2. The Morgan fingerprint density at radius 1 is 0.769 bits per heavy atom. The first-order chi connectivity index (χ1) is 12.6. The average molecular weight is 371 g/mol. The second kappa shape index (κ2) is 8.86. The third kappa shape index (κ3) is 4.85. The van der Waals surface area contributed by atoms with E-state index in [2.05, 4.69) is 0 Å². The highest BCUT2D eigenvalue weighted by Gasteiger charge is 2.22. The number of carbonyl (C=O) groups is 2. The summed E-state index contributed by atoms with van der Waals surface area (Å²) >= 11 is 6.16. The Kier molecular flexibility index (Phi) is 6.29. The molecule has 3 rings (SSSR count). The van der Waals surface area contributed by atoms with Crippen molar-refractivity contribution >= 4 is 23.4 Å². The topological polar surface area (TPSA) is 40.6 Å². The van der Waals surface area contributed by atoms with Crippen molar-refractivity contribution in [3.05, 3.63) is 70.7 Å². The van der Waals surface area contributed by atoms with Crippen molar-refractivity contribution < 1.29 is 9.59 Å². The van der Waals surface area contributed by atoms with Gasteiger partial charge in [-0.1, -0.05) is 60.1 Å². The molecule has 4 nitrogen and oxygen atoms in total. The van der Waals surface area contributed by atoms with Crippen molar-refractivity contribution in [2.24, 2.45) is 0 Å². The molecule has 136 valence electrons. The summed E-state index contributed by atoms with van der Waals surface area (Å²) in [5, 5.41) is 0.621. The molecule has 0 saturated carbocycles. The number of halogens is 1. The molecule has 0 radical (unpaired) electrons. The summed E-state index contributed by atoms with van der Waals surface area (Å²) < 4.78 is 0. The molecule has 0 atom stereocenters. The summed E-state index contributed by atoms with van der Waals surface area (Å²) in [6.07, 6.45) is 1.51. The predicted octanol–water partition coefficient (Wildman–Crippen LogP) is 3.19. The van der Waals surface area contributed by atoms with Gasteiger partial charge in [0.25, 0.3) is 0 Å². The van der Waals surface area contributed by atoms with Crippen molar-refractivity contribution in [1.29, 1.82) is 0 Å². The third-order valence-corrected chi connectivity index (χ3v) is 5.07. The highest BCUT2D eigenvalue weighted by atomic mass is 35.5. The quantitative estimate of drug-likeness (QED) is 0.829. The highest BCUT2D eigenvalue weighted by molar-refractivity contribution is 6.31.